The summed E-state index contributed by atoms with van der Waals surface area (Å²) in [6.07, 6.45) is 24.8. The molecule has 0 amide bonds. The van der Waals surface area contributed by atoms with E-state index in [9.17, 15) is 0 Å². The summed E-state index contributed by atoms with van der Waals surface area (Å²) in [6, 6.07) is 0. The highest BCUT2D eigenvalue weighted by atomic mass is 15.4. The van der Waals surface area contributed by atoms with E-state index in [0.29, 0.717) is 5.92 Å². The zero-order chi connectivity index (χ0) is 23.8. The zero-order valence-corrected chi connectivity index (χ0v) is 21.2. The molecule has 4 fully saturated rings. The zero-order valence-electron chi connectivity index (χ0n) is 21.2. The summed E-state index contributed by atoms with van der Waals surface area (Å²) < 4.78 is 0. The lowest BCUT2D eigenvalue weighted by molar-refractivity contribution is 0.281. The number of amidine groups is 1. The normalized spacial score (nSPS) is 34.6. The SMILES string of the molecule is C=CC1=C/C=C/N=C\C=C(\CCCC2C3(CC3)C23CC3)N/N=C\1N1CC(CCCN)CC1(C)C. The molecule has 2 spiro atoms. The molecule has 0 radical (unpaired) electrons. The van der Waals surface area contributed by atoms with Gasteiger partial charge in [0.15, 0.2) is 5.84 Å². The van der Waals surface area contributed by atoms with Crippen molar-refractivity contribution in [1.29, 1.82) is 0 Å². The fraction of sp³-hybridized carbons (Fsp3) is 0.655. The van der Waals surface area contributed by atoms with Crippen molar-refractivity contribution in [2.24, 2.45) is 38.5 Å². The highest BCUT2D eigenvalue weighted by Crippen LogP contribution is 2.93. The molecule has 3 N–H and O–H groups in total. The van der Waals surface area contributed by atoms with Gasteiger partial charge in [0.05, 0.1) is 0 Å². The van der Waals surface area contributed by atoms with E-state index < -0.39 is 0 Å². The van der Waals surface area contributed by atoms with Gasteiger partial charge in [-0.25, -0.2) is 0 Å². The van der Waals surface area contributed by atoms with Crippen molar-refractivity contribution in [3.63, 3.8) is 0 Å². The Morgan fingerprint density at radius 2 is 1.91 bits per heavy atom. The molecule has 5 heteroatoms. The van der Waals surface area contributed by atoms with Crippen LogP contribution in [-0.4, -0.2) is 35.6 Å². The van der Waals surface area contributed by atoms with Gasteiger partial charge in [0.25, 0.3) is 0 Å². The number of hydrogen-bond donors (Lipinski definition) is 2. The predicted octanol–water partition coefficient (Wildman–Crippen LogP) is 5.68. The van der Waals surface area contributed by atoms with Gasteiger partial charge in [-0.05, 0) is 125 Å². The molecule has 3 aliphatic carbocycles. The molecular formula is C29H43N5. The number of fused-ring (bicyclic) bond motifs is 1. The Balaban J connectivity index is 1.30. The third kappa shape index (κ3) is 4.32. The number of allylic oxidation sites excluding steroid dienone is 4. The molecular weight excluding hydrogens is 418 g/mol. The molecule has 5 nitrogen and oxygen atoms in total. The number of hydrazone groups is 1. The molecule has 3 saturated carbocycles. The number of aliphatic imine (C=N–C) groups is 1. The third-order valence-electron chi connectivity index (χ3n) is 9.38. The summed E-state index contributed by atoms with van der Waals surface area (Å²) in [4.78, 5) is 6.90. The van der Waals surface area contributed by atoms with Gasteiger partial charge < -0.3 is 10.6 Å². The molecule has 0 aromatic heterocycles. The Kier molecular flexibility index (Phi) is 6.34. The van der Waals surface area contributed by atoms with Gasteiger partial charge in [-0.2, -0.15) is 5.10 Å². The second kappa shape index (κ2) is 9.14. The minimum atomic E-state index is 0.0370. The van der Waals surface area contributed by atoms with Gasteiger partial charge in [-0.3, -0.25) is 10.4 Å². The van der Waals surface area contributed by atoms with Crippen LogP contribution in [-0.2, 0) is 0 Å². The standard InChI is InChI=1S/C29H43N5/c1-4-23-9-7-18-31-19-12-24(10-5-11-25-28(13-14-28)29(25)15-16-29)32-33-26(23)34-21-22(8-6-17-30)20-27(34,2)3/h4,7,9,12,18-19,22,25,32H,1,5-6,8,10-11,13-17,20-21,30H2,2-3H3/b18-7+,23-9-,24-12-,31-19-,33-26+. The van der Waals surface area contributed by atoms with E-state index >= 15 is 0 Å². The van der Waals surface area contributed by atoms with Crippen LogP contribution in [0.1, 0.15) is 78.1 Å². The van der Waals surface area contributed by atoms with Gasteiger partial charge in [-0.15, -0.1) is 0 Å². The first-order chi connectivity index (χ1) is 16.5. The quantitative estimate of drug-likeness (QED) is 0.488. The lowest BCUT2D eigenvalue weighted by Crippen LogP contribution is -2.44. The van der Waals surface area contributed by atoms with Crippen LogP contribution in [0.5, 0.6) is 0 Å². The van der Waals surface area contributed by atoms with Gasteiger partial charge in [0, 0.05) is 35.8 Å². The molecule has 1 saturated heterocycles. The predicted molar refractivity (Wildman–Crippen MR) is 142 cm³/mol. The first kappa shape index (κ1) is 23.6. The van der Waals surface area contributed by atoms with Gasteiger partial charge in [0.2, 0.25) is 0 Å². The highest BCUT2D eigenvalue weighted by Gasteiger charge is 2.85. The van der Waals surface area contributed by atoms with E-state index in [2.05, 4.69) is 47.9 Å². The molecule has 0 aromatic rings. The number of rotatable bonds is 8. The highest BCUT2D eigenvalue weighted by molar-refractivity contribution is 6.01. The number of nitrogens with zero attached hydrogens (tertiary/aromatic N) is 3. The van der Waals surface area contributed by atoms with Crippen molar-refractivity contribution in [2.75, 3.05) is 13.1 Å². The summed E-state index contributed by atoms with van der Waals surface area (Å²) >= 11 is 0. The van der Waals surface area contributed by atoms with Crippen LogP contribution < -0.4 is 11.2 Å². The van der Waals surface area contributed by atoms with Crippen LogP contribution in [0.3, 0.4) is 0 Å². The van der Waals surface area contributed by atoms with E-state index in [1.807, 2.05) is 24.6 Å². The minimum absolute atomic E-state index is 0.0370. The van der Waals surface area contributed by atoms with E-state index in [1.54, 1.807) is 0 Å². The average Bonchev–Trinajstić information content (AvgIpc) is 3.75. The van der Waals surface area contributed by atoms with Crippen molar-refractivity contribution in [3.05, 3.63) is 48.4 Å². The second-order valence-corrected chi connectivity index (χ2v) is 11.9. The number of nitrogens with two attached hydrogens (primary N) is 1. The molecule has 1 unspecified atom stereocenters. The second-order valence-electron chi connectivity index (χ2n) is 11.9. The van der Waals surface area contributed by atoms with Crippen LogP contribution in [0, 0.1) is 22.7 Å². The number of hydrogen-bond acceptors (Lipinski definition) is 5. The van der Waals surface area contributed by atoms with Crippen LogP contribution in [0.2, 0.25) is 0 Å². The summed E-state index contributed by atoms with van der Waals surface area (Å²) in [5, 5.41) is 5.01. The van der Waals surface area contributed by atoms with E-state index in [1.165, 1.54) is 44.9 Å². The van der Waals surface area contributed by atoms with Crippen LogP contribution >= 0.6 is 0 Å². The summed E-state index contributed by atoms with van der Waals surface area (Å²) in [7, 11) is 0. The fourth-order valence-electron chi connectivity index (χ4n) is 7.41. The van der Waals surface area contributed by atoms with Gasteiger partial charge in [-0.1, -0.05) is 12.7 Å². The largest absolute Gasteiger partial charge is 0.349 e. The fourth-order valence-corrected chi connectivity index (χ4v) is 7.41. The third-order valence-corrected chi connectivity index (χ3v) is 9.38. The Morgan fingerprint density at radius 1 is 1.15 bits per heavy atom. The molecule has 34 heavy (non-hydrogen) atoms. The molecule has 2 aliphatic heterocycles. The number of likely N-dealkylation sites (tertiary alicyclic amines) is 1. The molecule has 0 aromatic carbocycles. The van der Waals surface area contributed by atoms with Crippen molar-refractivity contribution < 1.29 is 0 Å². The smallest absolute Gasteiger partial charge is 0.156 e. The first-order valence-corrected chi connectivity index (χ1v) is 13.5. The number of nitrogens with one attached hydrogen (secondary N) is 1. The summed E-state index contributed by atoms with van der Waals surface area (Å²) in [5.74, 6) is 2.62. The molecule has 5 rings (SSSR count). The monoisotopic (exact) mass is 461 g/mol. The summed E-state index contributed by atoms with van der Waals surface area (Å²) in [5.41, 5.74) is 13.1. The van der Waals surface area contributed by atoms with Crippen LogP contribution in [0.25, 0.3) is 0 Å². The Morgan fingerprint density at radius 3 is 2.59 bits per heavy atom. The van der Waals surface area contributed by atoms with E-state index in [4.69, 9.17) is 10.8 Å². The average molecular weight is 462 g/mol. The molecule has 1 atom stereocenters. The minimum Gasteiger partial charge on any atom is -0.349 e. The Hall–Kier alpha value is -2.14. The van der Waals surface area contributed by atoms with Crippen molar-refractivity contribution in [1.82, 2.24) is 10.3 Å². The molecule has 2 heterocycles. The molecule has 5 aliphatic rings. The van der Waals surface area contributed by atoms with E-state index in [-0.39, 0.29) is 5.54 Å². The van der Waals surface area contributed by atoms with Crippen molar-refractivity contribution >= 4 is 12.1 Å². The Bertz CT molecular complexity index is 924. The summed E-state index contributed by atoms with van der Waals surface area (Å²) in [6.45, 7) is 10.5. The van der Waals surface area contributed by atoms with Gasteiger partial charge in [0.1, 0.15) is 0 Å². The maximum absolute atomic E-state index is 5.80. The van der Waals surface area contributed by atoms with Crippen molar-refractivity contribution in [2.45, 2.75) is 83.6 Å². The first-order valence-electron chi connectivity index (χ1n) is 13.5. The molecule has 184 valence electrons. The van der Waals surface area contributed by atoms with E-state index in [0.717, 1.165) is 66.2 Å². The molecule has 0 bridgehead atoms. The Labute approximate surface area is 206 Å². The topological polar surface area (TPSA) is 66.0 Å². The van der Waals surface area contributed by atoms with Crippen molar-refractivity contribution in [3.8, 4) is 0 Å². The van der Waals surface area contributed by atoms with Crippen LogP contribution in [0.4, 0.5) is 0 Å². The maximum Gasteiger partial charge on any atom is 0.156 e. The lowest BCUT2D eigenvalue weighted by Gasteiger charge is -2.34. The maximum atomic E-state index is 5.80. The van der Waals surface area contributed by atoms with Crippen LogP contribution in [0.15, 0.2) is 58.4 Å². The lowest BCUT2D eigenvalue weighted by atomic mass is 9.93. The van der Waals surface area contributed by atoms with Gasteiger partial charge >= 0.3 is 0 Å².